The molecule has 0 saturated heterocycles. The highest BCUT2D eigenvalue weighted by molar-refractivity contribution is 5.85. The van der Waals surface area contributed by atoms with Crippen LogP contribution in [0.15, 0.2) is 0 Å². The number of rotatable bonds is 0. The summed E-state index contributed by atoms with van der Waals surface area (Å²) in [6.45, 7) is 0. The van der Waals surface area contributed by atoms with Crippen molar-refractivity contribution in [3.05, 3.63) is 0 Å². The molecule has 5 fully saturated rings. The predicted octanol–water partition coefficient (Wildman–Crippen LogP) is 1.51. The van der Waals surface area contributed by atoms with E-state index in [2.05, 4.69) is 0 Å². The Morgan fingerprint density at radius 2 is 1.31 bits per heavy atom. The lowest BCUT2D eigenvalue weighted by Gasteiger charge is -2.47. The Morgan fingerprint density at radius 3 is 2.08 bits per heavy atom. The van der Waals surface area contributed by atoms with E-state index in [1.165, 1.54) is 11.8 Å². The van der Waals surface area contributed by atoms with Gasteiger partial charge in [0.15, 0.2) is 0 Å². The molecule has 0 radical (unpaired) electrons. The molecule has 0 aromatic rings. The molecule has 5 saturated carbocycles. The van der Waals surface area contributed by atoms with Gasteiger partial charge >= 0.3 is 0 Å². The SMILES string of the molecule is Cl.NC1C2C3CC4C1C1C2CC3C41. The first-order valence-electron chi connectivity index (χ1n) is 5.63. The molecule has 5 aliphatic rings. The fourth-order valence-corrected chi connectivity index (χ4v) is 6.55. The Labute approximate surface area is 84.9 Å². The van der Waals surface area contributed by atoms with Crippen molar-refractivity contribution in [1.82, 2.24) is 0 Å². The first kappa shape index (κ1) is 7.53. The van der Waals surface area contributed by atoms with E-state index in [9.17, 15) is 0 Å². The second-order valence-electron chi connectivity index (χ2n) is 6.01. The first-order valence-corrected chi connectivity index (χ1v) is 5.63. The van der Waals surface area contributed by atoms with Crippen molar-refractivity contribution < 1.29 is 0 Å². The molecule has 0 spiro atoms. The lowest BCUT2D eigenvalue weighted by atomic mass is 9.59. The minimum Gasteiger partial charge on any atom is -0.327 e. The molecule has 0 aromatic carbocycles. The fraction of sp³-hybridized carbons (Fsp3) is 1.00. The van der Waals surface area contributed by atoms with Gasteiger partial charge in [-0.15, -0.1) is 12.4 Å². The Balaban J connectivity index is 0.000000512. The van der Waals surface area contributed by atoms with Crippen molar-refractivity contribution in [2.75, 3.05) is 0 Å². The summed E-state index contributed by atoms with van der Waals surface area (Å²) in [5.41, 5.74) is 6.34. The Bertz CT molecular complexity index is 282. The normalized spacial score (nSPS) is 78.7. The zero-order valence-electron chi connectivity index (χ0n) is 7.60. The lowest BCUT2D eigenvalue weighted by molar-refractivity contribution is 0.0167. The third kappa shape index (κ3) is 0.471. The summed E-state index contributed by atoms with van der Waals surface area (Å²) in [7, 11) is 0. The lowest BCUT2D eigenvalue weighted by Crippen LogP contribution is -2.49. The number of fused-ring (bicyclic) bond motifs is 2. The molecule has 2 N–H and O–H groups in total. The summed E-state index contributed by atoms with van der Waals surface area (Å²) in [4.78, 5) is 0. The van der Waals surface area contributed by atoms with E-state index in [-0.39, 0.29) is 12.4 Å². The molecule has 5 aliphatic carbocycles. The van der Waals surface area contributed by atoms with E-state index in [0.29, 0.717) is 6.04 Å². The summed E-state index contributed by atoms with van der Waals surface area (Å²) in [5.74, 6) is 8.84. The third-order valence-electron chi connectivity index (χ3n) is 6.38. The van der Waals surface area contributed by atoms with Crippen molar-refractivity contribution >= 4 is 12.4 Å². The van der Waals surface area contributed by atoms with Gasteiger partial charge < -0.3 is 5.73 Å². The van der Waals surface area contributed by atoms with Crippen LogP contribution in [-0.2, 0) is 0 Å². The van der Waals surface area contributed by atoms with Gasteiger partial charge in [-0.1, -0.05) is 0 Å². The van der Waals surface area contributed by atoms with Gasteiger partial charge in [-0.2, -0.15) is 0 Å². The highest BCUT2D eigenvalue weighted by Crippen LogP contribution is 2.82. The van der Waals surface area contributed by atoms with E-state index in [1.807, 2.05) is 0 Å². The molecule has 2 bridgehead atoms. The summed E-state index contributed by atoms with van der Waals surface area (Å²) in [6.07, 6.45) is 3.18. The smallest absolute Gasteiger partial charge is 0.0107 e. The Hall–Kier alpha value is 0.250. The minimum absolute atomic E-state index is 0. The number of halogens is 1. The molecule has 0 aliphatic heterocycles. The van der Waals surface area contributed by atoms with Gasteiger partial charge in [0, 0.05) is 6.04 Å². The van der Waals surface area contributed by atoms with Gasteiger partial charge in [0.1, 0.15) is 0 Å². The standard InChI is InChI=1S/C11H15N.ClH/c12-11-8-4-2-5-7-3(4)1-6(8)9(7)10(5)11;/h3-11H,1-2,12H2;1H. The fourth-order valence-electron chi connectivity index (χ4n) is 6.55. The molecule has 13 heavy (non-hydrogen) atoms. The van der Waals surface area contributed by atoms with Gasteiger partial charge in [0.2, 0.25) is 0 Å². The Morgan fingerprint density at radius 1 is 0.692 bits per heavy atom. The van der Waals surface area contributed by atoms with Gasteiger partial charge in [-0.05, 0) is 60.2 Å². The van der Waals surface area contributed by atoms with Crippen LogP contribution in [-0.4, -0.2) is 6.04 Å². The highest BCUT2D eigenvalue weighted by Gasteiger charge is 2.79. The molecule has 9 atom stereocenters. The summed E-state index contributed by atoms with van der Waals surface area (Å²) in [5, 5.41) is 0. The molecule has 0 amide bonds. The zero-order chi connectivity index (χ0) is 7.61. The summed E-state index contributed by atoms with van der Waals surface area (Å²) in [6, 6.07) is 0.646. The topological polar surface area (TPSA) is 26.0 Å². The van der Waals surface area contributed by atoms with Crippen molar-refractivity contribution in [2.24, 2.45) is 53.1 Å². The summed E-state index contributed by atoms with van der Waals surface area (Å²) >= 11 is 0. The monoisotopic (exact) mass is 197 g/mol. The number of hydrogen-bond donors (Lipinski definition) is 1. The van der Waals surface area contributed by atoms with Crippen molar-refractivity contribution in [3.63, 3.8) is 0 Å². The maximum absolute atomic E-state index is 6.34. The molecule has 5 rings (SSSR count). The second-order valence-corrected chi connectivity index (χ2v) is 6.01. The number of nitrogens with two attached hydrogens (primary N) is 1. The quantitative estimate of drug-likeness (QED) is 0.626. The van der Waals surface area contributed by atoms with Crippen LogP contribution < -0.4 is 5.73 Å². The second kappa shape index (κ2) is 1.81. The first-order chi connectivity index (χ1) is 5.88. The van der Waals surface area contributed by atoms with Crippen molar-refractivity contribution in [3.8, 4) is 0 Å². The molecule has 2 heteroatoms. The average molecular weight is 198 g/mol. The van der Waals surface area contributed by atoms with Crippen LogP contribution in [0.3, 0.4) is 0 Å². The van der Waals surface area contributed by atoms with Crippen LogP contribution in [0.2, 0.25) is 0 Å². The van der Waals surface area contributed by atoms with Crippen LogP contribution in [0, 0.1) is 47.3 Å². The molecule has 1 nitrogen and oxygen atoms in total. The van der Waals surface area contributed by atoms with Crippen molar-refractivity contribution in [1.29, 1.82) is 0 Å². The van der Waals surface area contributed by atoms with Crippen LogP contribution in [0.25, 0.3) is 0 Å². The van der Waals surface area contributed by atoms with Gasteiger partial charge in [-0.25, -0.2) is 0 Å². The van der Waals surface area contributed by atoms with E-state index in [0.717, 1.165) is 35.5 Å². The maximum Gasteiger partial charge on any atom is 0.0107 e. The van der Waals surface area contributed by atoms with Crippen LogP contribution in [0.5, 0.6) is 0 Å². The molecular weight excluding hydrogens is 182 g/mol. The van der Waals surface area contributed by atoms with Gasteiger partial charge in [0.25, 0.3) is 0 Å². The maximum atomic E-state index is 6.34. The van der Waals surface area contributed by atoms with Crippen LogP contribution in [0.1, 0.15) is 12.8 Å². The van der Waals surface area contributed by atoms with E-state index < -0.39 is 0 Å². The van der Waals surface area contributed by atoms with Gasteiger partial charge in [-0.3, -0.25) is 0 Å². The third-order valence-corrected chi connectivity index (χ3v) is 6.38. The van der Waals surface area contributed by atoms with Crippen LogP contribution in [0.4, 0.5) is 0 Å². The highest BCUT2D eigenvalue weighted by atomic mass is 35.5. The molecular formula is C11H16ClN. The van der Waals surface area contributed by atoms with Crippen LogP contribution >= 0.6 is 12.4 Å². The zero-order valence-corrected chi connectivity index (χ0v) is 8.41. The average Bonchev–Trinajstić information content (AvgIpc) is 2.47. The summed E-state index contributed by atoms with van der Waals surface area (Å²) < 4.78 is 0. The minimum atomic E-state index is 0. The largest absolute Gasteiger partial charge is 0.327 e. The van der Waals surface area contributed by atoms with Gasteiger partial charge in [0.05, 0.1) is 0 Å². The molecule has 72 valence electrons. The van der Waals surface area contributed by atoms with E-state index in [1.54, 1.807) is 12.8 Å². The van der Waals surface area contributed by atoms with E-state index >= 15 is 0 Å². The number of hydrogen-bond acceptors (Lipinski definition) is 1. The Kier molecular flexibility index (Phi) is 1.05. The molecule has 9 unspecified atom stereocenters. The molecule has 0 heterocycles. The van der Waals surface area contributed by atoms with E-state index in [4.69, 9.17) is 5.73 Å². The molecule has 0 aromatic heterocycles. The van der Waals surface area contributed by atoms with Crippen molar-refractivity contribution in [2.45, 2.75) is 18.9 Å². The predicted molar refractivity (Wildman–Crippen MR) is 52.4 cm³/mol.